The second-order valence-corrected chi connectivity index (χ2v) is 10.0. The molecule has 0 atom stereocenters. The van der Waals surface area contributed by atoms with Crippen LogP contribution in [-0.4, -0.2) is 48.1 Å². The first-order valence-corrected chi connectivity index (χ1v) is 14.2. The van der Waals surface area contributed by atoms with Crippen molar-refractivity contribution in [1.29, 1.82) is 0 Å². The van der Waals surface area contributed by atoms with Crippen LogP contribution in [0.1, 0.15) is 141 Å². The van der Waals surface area contributed by atoms with Crippen molar-refractivity contribution >= 4 is 0 Å². The molecule has 0 N–H and O–H groups in total. The van der Waals surface area contributed by atoms with Crippen LogP contribution < -0.4 is 0 Å². The summed E-state index contributed by atoms with van der Waals surface area (Å²) in [5.74, 6) is 1.01. The summed E-state index contributed by atoms with van der Waals surface area (Å²) in [5, 5.41) is 0. The van der Waals surface area contributed by atoms with Gasteiger partial charge in [-0.05, 0) is 97.3 Å². The van der Waals surface area contributed by atoms with Gasteiger partial charge in [-0.1, -0.05) is 81.6 Å². The van der Waals surface area contributed by atoms with Gasteiger partial charge in [-0.2, -0.15) is 0 Å². The summed E-state index contributed by atoms with van der Waals surface area (Å²) in [6, 6.07) is 1.55. The molecule has 2 saturated heterocycles. The van der Waals surface area contributed by atoms with Gasteiger partial charge in [-0.15, -0.1) is 0 Å². The minimum absolute atomic E-state index is 0.580. The summed E-state index contributed by atoms with van der Waals surface area (Å²) >= 11 is 0. The van der Waals surface area contributed by atoms with Gasteiger partial charge in [0.15, 0.2) is 0 Å². The summed E-state index contributed by atoms with van der Waals surface area (Å²) in [6.07, 6.45) is 11.6. The lowest BCUT2D eigenvalue weighted by atomic mass is 9.80. The molecule has 0 aromatic heterocycles. The minimum atomic E-state index is 0.580. The molecule has 0 amide bonds. The van der Waals surface area contributed by atoms with E-state index in [-0.39, 0.29) is 0 Å². The van der Waals surface area contributed by atoms with Crippen LogP contribution in [0.4, 0.5) is 0 Å². The third-order valence-corrected chi connectivity index (χ3v) is 6.32. The van der Waals surface area contributed by atoms with Gasteiger partial charge in [0.25, 0.3) is 0 Å². The molecule has 2 aliphatic heterocycles. The van der Waals surface area contributed by atoms with Gasteiger partial charge < -0.3 is 9.80 Å². The Morgan fingerprint density at radius 2 is 0.839 bits per heavy atom. The SMILES string of the molecule is CC.CC.CC.CC(C)(C)C1CCCC1.CC(C)N1CCC1.CC(C)N1CCCCC1. The van der Waals surface area contributed by atoms with Crippen molar-refractivity contribution in [2.45, 2.75) is 153 Å². The third kappa shape index (κ3) is 19.1. The van der Waals surface area contributed by atoms with E-state index in [1.807, 2.05) is 41.5 Å². The second kappa shape index (κ2) is 23.1. The molecule has 31 heavy (non-hydrogen) atoms. The molecule has 3 aliphatic rings. The molecule has 0 bridgehead atoms. The van der Waals surface area contributed by atoms with Gasteiger partial charge >= 0.3 is 0 Å². The largest absolute Gasteiger partial charge is 0.301 e. The van der Waals surface area contributed by atoms with E-state index in [9.17, 15) is 0 Å². The molecule has 192 valence electrons. The summed E-state index contributed by atoms with van der Waals surface area (Å²) in [6.45, 7) is 33.5. The monoisotopic (exact) mass is 443 g/mol. The predicted molar refractivity (Wildman–Crippen MR) is 147 cm³/mol. The average Bonchev–Trinajstić information content (AvgIpc) is 3.28. The van der Waals surface area contributed by atoms with Crippen LogP contribution in [-0.2, 0) is 0 Å². The van der Waals surface area contributed by atoms with Crippen molar-refractivity contribution in [3.63, 3.8) is 0 Å². The fourth-order valence-electron chi connectivity index (χ4n) is 4.08. The highest BCUT2D eigenvalue weighted by Gasteiger charge is 2.26. The third-order valence-electron chi connectivity index (χ3n) is 6.32. The Labute approximate surface area is 200 Å². The van der Waals surface area contributed by atoms with E-state index in [1.54, 1.807) is 0 Å². The molecule has 0 spiro atoms. The van der Waals surface area contributed by atoms with Crippen LogP contribution in [0.3, 0.4) is 0 Å². The summed E-state index contributed by atoms with van der Waals surface area (Å²) in [7, 11) is 0. The molecule has 1 aliphatic carbocycles. The van der Waals surface area contributed by atoms with Crippen molar-refractivity contribution in [2.75, 3.05) is 26.2 Å². The van der Waals surface area contributed by atoms with Crippen molar-refractivity contribution in [1.82, 2.24) is 9.80 Å². The number of likely N-dealkylation sites (tertiary alicyclic amines) is 2. The van der Waals surface area contributed by atoms with Crippen LogP contribution in [0.15, 0.2) is 0 Å². The quantitative estimate of drug-likeness (QED) is 0.420. The first-order chi connectivity index (χ1) is 14.7. The lowest BCUT2D eigenvalue weighted by Crippen LogP contribution is -2.41. The summed E-state index contributed by atoms with van der Waals surface area (Å²) in [4.78, 5) is 5.03. The van der Waals surface area contributed by atoms with Gasteiger partial charge in [0.2, 0.25) is 0 Å². The molecular formula is C29H66N2. The van der Waals surface area contributed by atoms with Crippen LogP contribution in [0, 0.1) is 11.3 Å². The molecular weight excluding hydrogens is 376 g/mol. The van der Waals surface area contributed by atoms with E-state index in [4.69, 9.17) is 0 Å². The lowest BCUT2D eigenvalue weighted by molar-refractivity contribution is 0.138. The topological polar surface area (TPSA) is 6.48 Å². The Bertz CT molecular complexity index is 314. The fraction of sp³-hybridized carbons (Fsp3) is 1.00. The van der Waals surface area contributed by atoms with E-state index < -0.39 is 0 Å². The number of hydrogen-bond donors (Lipinski definition) is 0. The zero-order valence-electron chi connectivity index (χ0n) is 24.6. The Kier molecular flexibility index (Phi) is 26.4. The van der Waals surface area contributed by atoms with E-state index >= 15 is 0 Å². The maximum absolute atomic E-state index is 2.56. The molecule has 0 radical (unpaired) electrons. The normalized spacial score (nSPS) is 19.1. The average molecular weight is 443 g/mol. The molecule has 0 unspecified atom stereocenters. The van der Waals surface area contributed by atoms with Crippen LogP contribution in [0.25, 0.3) is 0 Å². The molecule has 1 saturated carbocycles. The minimum Gasteiger partial charge on any atom is -0.301 e. The highest BCUT2D eigenvalue weighted by molar-refractivity contribution is 4.78. The highest BCUT2D eigenvalue weighted by Crippen LogP contribution is 2.38. The van der Waals surface area contributed by atoms with Crippen LogP contribution in [0.2, 0.25) is 0 Å². The highest BCUT2D eigenvalue weighted by atomic mass is 15.2. The number of rotatable bonds is 2. The van der Waals surface area contributed by atoms with Gasteiger partial charge in [0.05, 0.1) is 0 Å². The van der Waals surface area contributed by atoms with Gasteiger partial charge in [0.1, 0.15) is 0 Å². The maximum atomic E-state index is 2.56. The smallest absolute Gasteiger partial charge is 0.00386 e. The Hall–Kier alpha value is -0.0800. The number of hydrogen-bond acceptors (Lipinski definition) is 2. The van der Waals surface area contributed by atoms with Gasteiger partial charge in [-0.25, -0.2) is 0 Å². The number of nitrogens with zero attached hydrogens (tertiary/aromatic N) is 2. The molecule has 3 fully saturated rings. The molecule has 0 aromatic rings. The van der Waals surface area contributed by atoms with Crippen molar-refractivity contribution in [3.8, 4) is 0 Å². The molecule has 3 rings (SSSR count). The van der Waals surface area contributed by atoms with Crippen molar-refractivity contribution < 1.29 is 0 Å². The molecule has 2 heteroatoms. The lowest BCUT2D eigenvalue weighted by Gasteiger charge is -2.34. The Morgan fingerprint density at radius 3 is 1.00 bits per heavy atom. The van der Waals surface area contributed by atoms with Crippen molar-refractivity contribution in [3.05, 3.63) is 0 Å². The summed E-state index contributed by atoms with van der Waals surface area (Å²) in [5.41, 5.74) is 0.580. The van der Waals surface area contributed by atoms with E-state index in [0.29, 0.717) is 5.41 Å². The zero-order valence-corrected chi connectivity index (χ0v) is 24.6. The van der Waals surface area contributed by atoms with Gasteiger partial charge in [-0.3, -0.25) is 0 Å². The maximum Gasteiger partial charge on any atom is 0.00386 e. The first kappa shape index (κ1) is 35.5. The first-order valence-electron chi connectivity index (χ1n) is 14.2. The molecule has 2 nitrogen and oxygen atoms in total. The van der Waals surface area contributed by atoms with Crippen LogP contribution in [0.5, 0.6) is 0 Å². The predicted octanol–water partition coefficient (Wildman–Crippen LogP) is 9.28. The zero-order chi connectivity index (χ0) is 24.9. The molecule has 2 heterocycles. The Morgan fingerprint density at radius 1 is 0.516 bits per heavy atom. The van der Waals surface area contributed by atoms with Gasteiger partial charge in [0, 0.05) is 12.1 Å². The Balaban J connectivity index is -0.000000340. The second-order valence-electron chi connectivity index (χ2n) is 10.0. The van der Waals surface area contributed by atoms with E-state index in [1.165, 1.54) is 77.5 Å². The van der Waals surface area contributed by atoms with Crippen molar-refractivity contribution in [2.24, 2.45) is 11.3 Å². The summed E-state index contributed by atoms with van der Waals surface area (Å²) < 4.78 is 0. The molecule has 0 aromatic carbocycles. The van der Waals surface area contributed by atoms with E-state index in [0.717, 1.165) is 18.0 Å². The number of piperidine rings is 1. The van der Waals surface area contributed by atoms with Crippen LogP contribution >= 0.6 is 0 Å². The van der Waals surface area contributed by atoms with E-state index in [2.05, 4.69) is 58.3 Å². The standard InChI is InChI=1S/C9H18.C8H17N.C6H13N.3C2H6/c1-9(2,3)8-6-4-5-7-8;1-8(2)9-6-4-3-5-7-9;1-6(2)7-4-3-5-7;3*1-2/h8H,4-7H2,1-3H3;8H,3-7H2,1-2H3;6H,3-5H2,1-2H3;3*1-2H3. The fourth-order valence-corrected chi connectivity index (χ4v) is 4.08.